The van der Waals surface area contributed by atoms with Gasteiger partial charge in [-0.05, 0) is 17.7 Å². The van der Waals surface area contributed by atoms with E-state index in [0.717, 1.165) is 16.5 Å². The molecule has 0 aliphatic carbocycles. The number of benzene rings is 2. The molecule has 2 heterocycles. The van der Waals surface area contributed by atoms with Crippen molar-refractivity contribution in [2.24, 2.45) is 5.92 Å². The van der Waals surface area contributed by atoms with Crippen molar-refractivity contribution in [3.63, 3.8) is 0 Å². The number of nitrogens with one attached hydrogen (secondary N) is 1. The van der Waals surface area contributed by atoms with E-state index in [1.807, 2.05) is 60.7 Å². The largest absolute Gasteiger partial charge is 0.338 e. The predicted molar refractivity (Wildman–Crippen MR) is 100 cm³/mol. The third-order valence-electron chi connectivity index (χ3n) is 4.66. The van der Waals surface area contributed by atoms with Crippen molar-refractivity contribution in [3.05, 3.63) is 72.4 Å². The first-order valence-electron chi connectivity index (χ1n) is 8.66. The minimum atomic E-state index is -0.335. The second kappa shape index (κ2) is 6.96. The molecule has 4 rings (SSSR count). The number of rotatable bonds is 4. The number of para-hydroxylation sites is 1. The van der Waals surface area contributed by atoms with Crippen molar-refractivity contribution < 1.29 is 9.59 Å². The highest BCUT2D eigenvalue weighted by Crippen LogP contribution is 2.23. The fraction of sp³-hybridized carbons (Fsp3) is 0.190. The molecule has 1 aromatic heterocycles. The first-order valence-corrected chi connectivity index (χ1v) is 8.66. The molecule has 1 saturated heterocycles. The lowest BCUT2D eigenvalue weighted by molar-refractivity contribution is -0.128. The standard InChI is InChI=1S/C21H19N3O2/c25-20-11-17(14-24(20)13-15-6-2-1-3-7-15)21(26)23-18-10-16-8-4-5-9-19(16)22-12-18/h1-10,12,17H,11,13-14H2,(H,23,26)/t17-/m0/s1. The van der Waals surface area contributed by atoms with Gasteiger partial charge in [-0.2, -0.15) is 0 Å². The monoisotopic (exact) mass is 345 g/mol. The van der Waals surface area contributed by atoms with E-state index in [-0.39, 0.29) is 24.2 Å². The molecule has 0 saturated carbocycles. The molecule has 1 aliphatic rings. The van der Waals surface area contributed by atoms with Crippen LogP contribution in [0.15, 0.2) is 66.9 Å². The van der Waals surface area contributed by atoms with Crippen LogP contribution in [0.3, 0.4) is 0 Å². The van der Waals surface area contributed by atoms with Gasteiger partial charge in [0.2, 0.25) is 11.8 Å². The Balaban J connectivity index is 1.42. The minimum Gasteiger partial charge on any atom is -0.338 e. The number of hydrogen-bond acceptors (Lipinski definition) is 3. The predicted octanol–water partition coefficient (Wildman–Crippen LogP) is 3.22. The van der Waals surface area contributed by atoms with Gasteiger partial charge in [-0.25, -0.2) is 0 Å². The maximum atomic E-state index is 12.6. The van der Waals surface area contributed by atoms with Crippen molar-refractivity contribution in [2.45, 2.75) is 13.0 Å². The summed E-state index contributed by atoms with van der Waals surface area (Å²) in [5.41, 5.74) is 2.61. The molecule has 130 valence electrons. The lowest BCUT2D eigenvalue weighted by Gasteiger charge is -2.16. The van der Waals surface area contributed by atoms with Crippen LogP contribution in [0.25, 0.3) is 10.9 Å². The van der Waals surface area contributed by atoms with E-state index >= 15 is 0 Å². The van der Waals surface area contributed by atoms with Crippen LogP contribution in [0.1, 0.15) is 12.0 Å². The Morgan fingerprint density at radius 3 is 2.73 bits per heavy atom. The number of aromatic nitrogens is 1. The molecule has 0 spiro atoms. The number of fused-ring (bicyclic) bond motifs is 1. The van der Waals surface area contributed by atoms with E-state index < -0.39 is 0 Å². The van der Waals surface area contributed by atoms with Gasteiger partial charge in [0.05, 0.1) is 23.3 Å². The second-order valence-corrected chi connectivity index (χ2v) is 6.57. The Morgan fingerprint density at radius 1 is 1.12 bits per heavy atom. The highest BCUT2D eigenvalue weighted by Gasteiger charge is 2.34. The summed E-state index contributed by atoms with van der Waals surface area (Å²) in [4.78, 5) is 30.9. The van der Waals surface area contributed by atoms with Gasteiger partial charge in [0, 0.05) is 24.9 Å². The van der Waals surface area contributed by atoms with Crippen LogP contribution in [0.2, 0.25) is 0 Å². The van der Waals surface area contributed by atoms with E-state index in [4.69, 9.17) is 0 Å². The molecule has 3 aromatic rings. The smallest absolute Gasteiger partial charge is 0.229 e. The summed E-state index contributed by atoms with van der Waals surface area (Å²) in [6.07, 6.45) is 1.90. The zero-order valence-electron chi connectivity index (χ0n) is 14.3. The van der Waals surface area contributed by atoms with Crippen LogP contribution in [0, 0.1) is 5.92 Å². The number of pyridine rings is 1. The maximum absolute atomic E-state index is 12.6. The van der Waals surface area contributed by atoms with Gasteiger partial charge in [-0.1, -0.05) is 48.5 Å². The number of carbonyl (C=O) groups is 2. The normalized spacial score (nSPS) is 16.8. The van der Waals surface area contributed by atoms with Crippen molar-refractivity contribution in [3.8, 4) is 0 Å². The first kappa shape index (κ1) is 16.3. The van der Waals surface area contributed by atoms with E-state index in [0.29, 0.717) is 18.8 Å². The molecule has 1 atom stereocenters. The number of carbonyl (C=O) groups excluding carboxylic acids is 2. The summed E-state index contributed by atoms with van der Waals surface area (Å²) in [5, 5.41) is 3.87. The van der Waals surface area contributed by atoms with Gasteiger partial charge >= 0.3 is 0 Å². The molecule has 5 heteroatoms. The highest BCUT2D eigenvalue weighted by atomic mass is 16.2. The molecule has 1 fully saturated rings. The van der Waals surface area contributed by atoms with Gasteiger partial charge in [-0.15, -0.1) is 0 Å². The first-order chi connectivity index (χ1) is 12.7. The number of anilines is 1. The van der Waals surface area contributed by atoms with Gasteiger partial charge in [0.1, 0.15) is 0 Å². The van der Waals surface area contributed by atoms with Gasteiger partial charge in [0.25, 0.3) is 0 Å². The second-order valence-electron chi connectivity index (χ2n) is 6.57. The van der Waals surface area contributed by atoms with E-state index in [1.54, 1.807) is 11.1 Å². The third kappa shape index (κ3) is 3.42. The Bertz CT molecular complexity index is 956. The summed E-state index contributed by atoms with van der Waals surface area (Å²) in [5.74, 6) is -0.450. The summed E-state index contributed by atoms with van der Waals surface area (Å²) in [7, 11) is 0. The fourth-order valence-electron chi connectivity index (χ4n) is 3.29. The van der Waals surface area contributed by atoms with Gasteiger partial charge in [0.15, 0.2) is 0 Å². The zero-order chi connectivity index (χ0) is 17.9. The van der Waals surface area contributed by atoms with E-state index in [1.165, 1.54) is 0 Å². The van der Waals surface area contributed by atoms with Crippen molar-refractivity contribution in [1.29, 1.82) is 0 Å². The van der Waals surface area contributed by atoms with Gasteiger partial charge < -0.3 is 10.2 Å². The minimum absolute atomic E-state index is 0.0191. The molecule has 2 amide bonds. The quantitative estimate of drug-likeness (QED) is 0.790. The molecule has 2 aromatic carbocycles. The fourth-order valence-corrected chi connectivity index (χ4v) is 3.29. The Kier molecular flexibility index (Phi) is 4.35. The van der Waals surface area contributed by atoms with Crippen LogP contribution in [-0.4, -0.2) is 28.2 Å². The molecular weight excluding hydrogens is 326 g/mol. The van der Waals surface area contributed by atoms with Crippen molar-refractivity contribution in [1.82, 2.24) is 9.88 Å². The molecule has 5 nitrogen and oxygen atoms in total. The summed E-state index contributed by atoms with van der Waals surface area (Å²) in [6, 6.07) is 19.5. The van der Waals surface area contributed by atoms with E-state index in [9.17, 15) is 9.59 Å². The SMILES string of the molecule is O=C(Nc1cnc2ccccc2c1)[C@H]1CC(=O)N(Cc2ccccc2)C1. The Hall–Kier alpha value is -3.21. The molecular formula is C21H19N3O2. The lowest BCUT2D eigenvalue weighted by Crippen LogP contribution is -2.28. The van der Waals surface area contributed by atoms with Crippen LogP contribution < -0.4 is 5.32 Å². The third-order valence-corrected chi connectivity index (χ3v) is 4.66. The Labute approximate surface area is 151 Å². The average molecular weight is 345 g/mol. The van der Waals surface area contributed by atoms with Crippen LogP contribution >= 0.6 is 0 Å². The van der Waals surface area contributed by atoms with Gasteiger partial charge in [-0.3, -0.25) is 14.6 Å². The number of hydrogen-bond donors (Lipinski definition) is 1. The summed E-state index contributed by atoms with van der Waals surface area (Å²) in [6.45, 7) is 0.988. The Morgan fingerprint density at radius 2 is 1.88 bits per heavy atom. The molecule has 0 unspecified atom stereocenters. The van der Waals surface area contributed by atoms with E-state index in [2.05, 4.69) is 10.3 Å². The maximum Gasteiger partial charge on any atom is 0.229 e. The topological polar surface area (TPSA) is 62.3 Å². The van der Waals surface area contributed by atoms with Crippen molar-refractivity contribution >= 4 is 28.4 Å². The average Bonchev–Trinajstić information content (AvgIpc) is 3.03. The molecule has 26 heavy (non-hydrogen) atoms. The lowest BCUT2D eigenvalue weighted by atomic mass is 10.1. The molecule has 1 N–H and O–H groups in total. The van der Waals surface area contributed by atoms with Crippen LogP contribution in [-0.2, 0) is 16.1 Å². The van der Waals surface area contributed by atoms with Crippen LogP contribution in [0.5, 0.6) is 0 Å². The number of nitrogens with zero attached hydrogens (tertiary/aromatic N) is 2. The van der Waals surface area contributed by atoms with Crippen molar-refractivity contribution in [2.75, 3.05) is 11.9 Å². The molecule has 0 bridgehead atoms. The number of likely N-dealkylation sites (tertiary alicyclic amines) is 1. The zero-order valence-corrected chi connectivity index (χ0v) is 14.3. The summed E-state index contributed by atoms with van der Waals surface area (Å²) < 4.78 is 0. The molecule has 0 radical (unpaired) electrons. The van der Waals surface area contributed by atoms with Crippen LogP contribution in [0.4, 0.5) is 5.69 Å². The molecule has 1 aliphatic heterocycles. The highest BCUT2D eigenvalue weighted by molar-refractivity contribution is 5.98. The summed E-state index contributed by atoms with van der Waals surface area (Å²) >= 11 is 0. The number of amides is 2.